The lowest BCUT2D eigenvalue weighted by atomic mass is 10.0. The van der Waals surface area contributed by atoms with E-state index < -0.39 is 7.82 Å². The van der Waals surface area contributed by atoms with Crippen molar-refractivity contribution in [1.82, 2.24) is 0 Å². The maximum absolute atomic E-state index is 12.0. The van der Waals surface area contributed by atoms with Crippen LogP contribution in [0.4, 0.5) is 0 Å². The standard InChI is InChI=1S/C26H50NO6P/c1-4-5-6-7-8-9-10-11-12-13-14-15-16-17-22-32-34(29,30)33-23-21-27(2)20-18-19-25(24-27)26(28)31-3/h19H,4-18,20-24H2,1-3H3. The van der Waals surface area contributed by atoms with Crippen molar-refractivity contribution in [3.8, 4) is 0 Å². The monoisotopic (exact) mass is 503 g/mol. The van der Waals surface area contributed by atoms with Crippen molar-refractivity contribution in [3.05, 3.63) is 11.6 Å². The van der Waals surface area contributed by atoms with Crippen LogP contribution in [0.2, 0.25) is 0 Å². The number of carbonyl (C=O) groups is 1. The van der Waals surface area contributed by atoms with Crippen molar-refractivity contribution >= 4 is 13.8 Å². The minimum Gasteiger partial charge on any atom is -0.756 e. The van der Waals surface area contributed by atoms with Crippen molar-refractivity contribution in [2.45, 2.75) is 103 Å². The Morgan fingerprint density at radius 3 is 1.94 bits per heavy atom. The van der Waals surface area contributed by atoms with E-state index in [1.165, 1.54) is 77.7 Å². The van der Waals surface area contributed by atoms with Crippen LogP contribution in [0.3, 0.4) is 0 Å². The lowest BCUT2D eigenvalue weighted by Crippen LogP contribution is -2.50. The van der Waals surface area contributed by atoms with Crippen molar-refractivity contribution in [2.24, 2.45) is 0 Å². The number of hydrogen-bond acceptors (Lipinski definition) is 6. The van der Waals surface area contributed by atoms with Gasteiger partial charge in [-0.3, -0.25) is 4.57 Å². The van der Waals surface area contributed by atoms with Crippen LogP contribution in [-0.2, 0) is 23.1 Å². The van der Waals surface area contributed by atoms with Crippen LogP contribution in [0.15, 0.2) is 11.6 Å². The van der Waals surface area contributed by atoms with Gasteiger partial charge in [0.05, 0.1) is 32.9 Å². The first kappa shape index (κ1) is 31.3. The highest BCUT2D eigenvalue weighted by Crippen LogP contribution is 2.38. The van der Waals surface area contributed by atoms with E-state index in [0.29, 0.717) is 23.1 Å². The molecule has 0 radical (unpaired) electrons. The number of hydrogen-bond donors (Lipinski definition) is 0. The molecule has 7 nitrogen and oxygen atoms in total. The Kier molecular flexibility index (Phi) is 17.1. The fourth-order valence-corrected chi connectivity index (χ4v) is 5.19. The zero-order chi connectivity index (χ0) is 25.1. The first-order chi connectivity index (χ1) is 16.3. The second-order valence-corrected chi connectivity index (χ2v) is 11.4. The van der Waals surface area contributed by atoms with Crippen LogP contribution < -0.4 is 4.89 Å². The predicted molar refractivity (Wildman–Crippen MR) is 135 cm³/mol. The van der Waals surface area contributed by atoms with Crippen LogP contribution >= 0.6 is 7.82 Å². The lowest BCUT2D eigenvalue weighted by Gasteiger charge is -2.37. The van der Waals surface area contributed by atoms with E-state index in [-0.39, 0.29) is 19.2 Å². The van der Waals surface area contributed by atoms with E-state index in [9.17, 15) is 14.3 Å². The SMILES string of the molecule is CCCCCCCCCCCCCCCCOP(=O)([O-])OCC[N+]1(C)CCC=C(C(=O)OC)C1. The van der Waals surface area contributed by atoms with Gasteiger partial charge in [-0.1, -0.05) is 96.5 Å². The van der Waals surface area contributed by atoms with Gasteiger partial charge in [0.1, 0.15) is 19.7 Å². The summed E-state index contributed by atoms with van der Waals surface area (Å²) in [4.78, 5) is 23.8. The van der Waals surface area contributed by atoms with Crippen molar-refractivity contribution in [1.29, 1.82) is 0 Å². The van der Waals surface area contributed by atoms with Gasteiger partial charge in [-0.2, -0.15) is 0 Å². The zero-order valence-corrected chi connectivity index (χ0v) is 23.0. The summed E-state index contributed by atoms with van der Waals surface area (Å²) in [7, 11) is -0.923. The number of carbonyl (C=O) groups excluding carboxylic acids is 1. The maximum atomic E-state index is 12.0. The molecular formula is C26H50NO6P. The molecule has 0 saturated heterocycles. The molecule has 0 fully saturated rings. The van der Waals surface area contributed by atoms with Gasteiger partial charge >= 0.3 is 5.97 Å². The third-order valence-corrected chi connectivity index (χ3v) is 7.68. The van der Waals surface area contributed by atoms with Crippen LogP contribution in [-0.4, -0.2) is 57.5 Å². The summed E-state index contributed by atoms with van der Waals surface area (Å²) in [5.74, 6) is -0.323. The maximum Gasteiger partial charge on any atom is 0.339 e. The number of phosphoric ester groups is 1. The zero-order valence-electron chi connectivity index (χ0n) is 22.1. The Labute approximate surface area is 208 Å². The van der Waals surface area contributed by atoms with Crippen LogP contribution in [0.25, 0.3) is 0 Å². The summed E-state index contributed by atoms with van der Waals surface area (Å²) in [5, 5.41) is 0. The first-order valence-electron chi connectivity index (χ1n) is 13.5. The Bertz CT molecular complexity index is 626. The van der Waals surface area contributed by atoms with Crippen molar-refractivity contribution in [2.75, 3.05) is 47.0 Å². The summed E-state index contributed by atoms with van der Waals surface area (Å²) < 4.78 is 27.4. The third kappa shape index (κ3) is 15.3. The molecule has 0 saturated carbocycles. The Hall–Kier alpha value is -0.720. The van der Waals surface area contributed by atoms with Gasteiger partial charge in [-0.25, -0.2) is 4.79 Å². The molecule has 0 aliphatic carbocycles. The molecule has 1 aliphatic rings. The number of phosphoric acid groups is 1. The number of methoxy groups -OCH3 is 1. The predicted octanol–water partition coefficient (Wildman–Crippen LogP) is 5.92. The van der Waals surface area contributed by atoms with Gasteiger partial charge < -0.3 is 23.2 Å². The molecule has 1 rings (SSSR count). The average molecular weight is 504 g/mol. The Balaban J connectivity index is 1.99. The van der Waals surface area contributed by atoms with Crippen molar-refractivity contribution < 1.29 is 32.5 Å². The summed E-state index contributed by atoms with van der Waals surface area (Å²) in [6.45, 7) is 4.31. The highest BCUT2D eigenvalue weighted by molar-refractivity contribution is 7.45. The molecule has 0 aromatic rings. The molecule has 0 amide bonds. The summed E-state index contributed by atoms with van der Waals surface area (Å²) in [6, 6.07) is 0. The largest absolute Gasteiger partial charge is 0.756 e. The fraction of sp³-hybridized carbons (Fsp3) is 0.885. The normalized spacial score (nSPS) is 20.1. The second-order valence-electron chi connectivity index (χ2n) is 9.94. The summed E-state index contributed by atoms with van der Waals surface area (Å²) in [6.07, 6.45) is 20.2. The second kappa shape index (κ2) is 18.5. The molecule has 1 aliphatic heterocycles. The summed E-state index contributed by atoms with van der Waals surface area (Å²) in [5.41, 5.74) is 0.635. The number of ether oxygens (including phenoxy) is 1. The van der Waals surface area contributed by atoms with E-state index in [1.54, 1.807) is 0 Å². The highest BCUT2D eigenvalue weighted by Gasteiger charge is 2.30. The molecule has 1 heterocycles. The molecule has 0 aromatic carbocycles. The number of nitrogens with zero attached hydrogens (tertiary/aromatic N) is 1. The Morgan fingerprint density at radius 2 is 1.41 bits per heavy atom. The minimum atomic E-state index is -4.28. The lowest BCUT2D eigenvalue weighted by molar-refractivity contribution is -0.906. The topological polar surface area (TPSA) is 84.9 Å². The van der Waals surface area contributed by atoms with E-state index in [4.69, 9.17) is 13.8 Å². The smallest absolute Gasteiger partial charge is 0.339 e. The van der Waals surface area contributed by atoms with Gasteiger partial charge in [0.15, 0.2) is 0 Å². The Morgan fingerprint density at radius 1 is 0.912 bits per heavy atom. The average Bonchev–Trinajstić information content (AvgIpc) is 2.80. The third-order valence-electron chi connectivity index (χ3n) is 6.69. The molecule has 200 valence electrons. The van der Waals surface area contributed by atoms with Gasteiger partial charge in [0, 0.05) is 6.42 Å². The number of likely N-dealkylation sites (N-methyl/N-ethyl adjacent to an activating group) is 1. The van der Waals surface area contributed by atoms with Gasteiger partial charge in [-0.15, -0.1) is 0 Å². The van der Waals surface area contributed by atoms with E-state index in [2.05, 4.69) is 6.92 Å². The highest BCUT2D eigenvalue weighted by atomic mass is 31.2. The molecular weight excluding hydrogens is 453 g/mol. The molecule has 0 aromatic heterocycles. The van der Waals surface area contributed by atoms with Gasteiger partial charge in [-0.05, 0) is 6.42 Å². The minimum absolute atomic E-state index is 0.0461. The molecule has 0 bridgehead atoms. The number of esters is 1. The van der Waals surface area contributed by atoms with Crippen LogP contribution in [0.5, 0.6) is 0 Å². The van der Waals surface area contributed by atoms with E-state index in [1.807, 2.05) is 13.1 Å². The molecule has 0 N–H and O–H groups in total. The molecule has 8 heteroatoms. The first-order valence-corrected chi connectivity index (χ1v) is 15.0. The molecule has 0 spiro atoms. The summed E-state index contributed by atoms with van der Waals surface area (Å²) >= 11 is 0. The van der Waals surface area contributed by atoms with E-state index >= 15 is 0 Å². The van der Waals surface area contributed by atoms with E-state index in [0.717, 1.165) is 32.2 Å². The number of unbranched alkanes of at least 4 members (excludes halogenated alkanes) is 13. The van der Waals surface area contributed by atoms with Crippen LogP contribution in [0, 0.1) is 0 Å². The number of quaternary nitrogens is 1. The molecule has 34 heavy (non-hydrogen) atoms. The molecule has 2 unspecified atom stereocenters. The van der Waals surface area contributed by atoms with Crippen LogP contribution in [0.1, 0.15) is 103 Å². The van der Waals surface area contributed by atoms with Gasteiger partial charge in [0.25, 0.3) is 7.82 Å². The number of rotatable bonds is 21. The van der Waals surface area contributed by atoms with Crippen molar-refractivity contribution in [3.63, 3.8) is 0 Å². The van der Waals surface area contributed by atoms with Gasteiger partial charge in [0.2, 0.25) is 0 Å². The quantitative estimate of drug-likeness (QED) is 0.0837. The molecule has 2 atom stereocenters. The fourth-order valence-electron chi connectivity index (χ4n) is 4.46.